The van der Waals surface area contributed by atoms with Crippen LogP contribution in [0.3, 0.4) is 0 Å². The van der Waals surface area contributed by atoms with E-state index in [-0.39, 0.29) is 0 Å². The van der Waals surface area contributed by atoms with Gasteiger partial charge in [0.15, 0.2) is 8.68 Å². The molecule has 0 aliphatic rings. The van der Waals surface area contributed by atoms with Gasteiger partial charge < -0.3 is 0 Å². The Hall–Kier alpha value is -0.520. The van der Waals surface area contributed by atoms with Gasteiger partial charge in [0.25, 0.3) is 0 Å². The third-order valence-corrected chi connectivity index (χ3v) is 3.89. The number of aromatic nitrogens is 2. The Labute approximate surface area is 96.2 Å². The normalized spacial score (nSPS) is 10.4. The van der Waals surface area contributed by atoms with Crippen LogP contribution in [0.25, 0.3) is 0 Å². The highest BCUT2D eigenvalue weighted by atomic mass is 32.2. The van der Waals surface area contributed by atoms with E-state index in [2.05, 4.69) is 35.0 Å². The average Bonchev–Trinajstić information content (AvgIpc) is 2.63. The first-order chi connectivity index (χ1) is 6.84. The van der Waals surface area contributed by atoms with Gasteiger partial charge in [-0.1, -0.05) is 53.4 Å². The zero-order valence-corrected chi connectivity index (χ0v) is 9.78. The third kappa shape index (κ3) is 2.73. The largest absolute Gasteiger partial charge is 0.175 e. The third-order valence-electron chi connectivity index (χ3n) is 1.60. The molecule has 72 valence electrons. The summed E-state index contributed by atoms with van der Waals surface area (Å²) in [5.41, 5.74) is 1.30. The molecule has 2 rings (SSSR count). The summed E-state index contributed by atoms with van der Waals surface area (Å²) < 4.78 is 1.69. The van der Waals surface area contributed by atoms with Gasteiger partial charge in [0.05, 0.1) is 0 Å². The molecule has 2 nitrogen and oxygen atoms in total. The quantitative estimate of drug-likeness (QED) is 0.659. The van der Waals surface area contributed by atoms with E-state index < -0.39 is 0 Å². The van der Waals surface area contributed by atoms with Crippen molar-refractivity contribution in [2.75, 3.05) is 0 Å². The van der Waals surface area contributed by atoms with Crippen molar-refractivity contribution in [1.82, 2.24) is 10.2 Å². The minimum atomic E-state index is 0.723. The van der Waals surface area contributed by atoms with Gasteiger partial charge in [-0.05, 0) is 5.56 Å². The number of hydrogen-bond donors (Lipinski definition) is 1. The molecule has 0 aliphatic heterocycles. The highest BCUT2D eigenvalue weighted by molar-refractivity contribution is 8.00. The van der Waals surface area contributed by atoms with Gasteiger partial charge in [-0.3, -0.25) is 0 Å². The molecule has 2 aromatic rings. The second kappa shape index (κ2) is 4.82. The summed E-state index contributed by atoms with van der Waals surface area (Å²) in [7, 11) is 0. The van der Waals surface area contributed by atoms with Gasteiger partial charge in [-0.15, -0.1) is 22.8 Å². The van der Waals surface area contributed by atoms with E-state index in [9.17, 15) is 0 Å². The monoisotopic (exact) mass is 240 g/mol. The number of rotatable bonds is 3. The molecule has 0 amide bonds. The van der Waals surface area contributed by atoms with Crippen molar-refractivity contribution in [3.05, 3.63) is 35.9 Å². The van der Waals surface area contributed by atoms with Crippen LogP contribution in [0.5, 0.6) is 0 Å². The van der Waals surface area contributed by atoms with Crippen LogP contribution in [0.15, 0.2) is 39.0 Å². The smallest absolute Gasteiger partial charge is 0.131 e. The first kappa shape index (κ1) is 10.0. The number of benzene rings is 1. The Balaban J connectivity index is 1.95. The van der Waals surface area contributed by atoms with Crippen molar-refractivity contribution < 1.29 is 0 Å². The molecule has 0 saturated heterocycles. The van der Waals surface area contributed by atoms with Gasteiger partial charge in [-0.2, -0.15) is 0 Å². The van der Waals surface area contributed by atoms with Gasteiger partial charge >= 0.3 is 0 Å². The average molecular weight is 240 g/mol. The highest BCUT2D eigenvalue weighted by Gasteiger charge is 2.01. The lowest BCUT2D eigenvalue weighted by atomic mass is 10.2. The van der Waals surface area contributed by atoms with Crippen LogP contribution in [-0.2, 0) is 5.75 Å². The van der Waals surface area contributed by atoms with Crippen molar-refractivity contribution in [3.8, 4) is 0 Å². The first-order valence-corrected chi connectivity index (χ1v) is 6.29. The molecule has 0 aliphatic carbocycles. The lowest BCUT2D eigenvalue weighted by Crippen LogP contribution is -1.78. The minimum absolute atomic E-state index is 0.723. The van der Waals surface area contributed by atoms with E-state index in [1.807, 2.05) is 18.2 Å². The molecule has 1 heterocycles. The van der Waals surface area contributed by atoms with E-state index in [0.29, 0.717) is 0 Å². The lowest BCUT2D eigenvalue weighted by molar-refractivity contribution is 0.957. The molecule has 0 fully saturated rings. The summed E-state index contributed by atoms with van der Waals surface area (Å²) >= 11 is 7.32. The zero-order valence-electron chi connectivity index (χ0n) is 7.25. The Morgan fingerprint density at radius 1 is 1.21 bits per heavy atom. The van der Waals surface area contributed by atoms with Crippen LogP contribution in [0, 0.1) is 0 Å². The number of thioether (sulfide) groups is 1. The maximum absolute atomic E-state index is 4.12. The van der Waals surface area contributed by atoms with Crippen molar-refractivity contribution >= 4 is 35.7 Å². The molecule has 1 aromatic heterocycles. The molecule has 0 saturated carbocycles. The summed E-state index contributed by atoms with van der Waals surface area (Å²) in [4.78, 5) is 0. The van der Waals surface area contributed by atoms with Crippen LogP contribution < -0.4 is 0 Å². The summed E-state index contributed by atoms with van der Waals surface area (Å²) in [6.45, 7) is 0. The number of nitrogens with zero attached hydrogens (tertiary/aromatic N) is 2. The molecular formula is C9H8N2S3. The van der Waals surface area contributed by atoms with Gasteiger partial charge in [0.2, 0.25) is 0 Å². The van der Waals surface area contributed by atoms with Crippen molar-refractivity contribution in [3.63, 3.8) is 0 Å². The molecule has 0 radical (unpaired) electrons. The van der Waals surface area contributed by atoms with Crippen LogP contribution in [0.4, 0.5) is 0 Å². The molecule has 1 aromatic carbocycles. The van der Waals surface area contributed by atoms with E-state index in [4.69, 9.17) is 0 Å². The van der Waals surface area contributed by atoms with E-state index >= 15 is 0 Å². The molecule has 0 atom stereocenters. The van der Waals surface area contributed by atoms with Crippen LogP contribution >= 0.6 is 35.7 Å². The van der Waals surface area contributed by atoms with Crippen LogP contribution in [0.2, 0.25) is 0 Å². The second-order valence-corrected chi connectivity index (χ2v) is 5.55. The summed E-state index contributed by atoms with van der Waals surface area (Å²) in [6, 6.07) is 10.3. The Bertz CT molecular complexity index is 399. The number of hydrogen-bond acceptors (Lipinski definition) is 5. The van der Waals surface area contributed by atoms with Crippen molar-refractivity contribution in [2.24, 2.45) is 0 Å². The SMILES string of the molecule is Sc1nnc(SCc2ccccc2)s1. The molecule has 0 bridgehead atoms. The first-order valence-electron chi connectivity index (χ1n) is 4.04. The Kier molecular flexibility index (Phi) is 3.44. The lowest BCUT2D eigenvalue weighted by Gasteiger charge is -1.96. The Morgan fingerprint density at radius 3 is 2.64 bits per heavy atom. The zero-order chi connectivity index (χ0) is 9.80. The van der Waals surface area contributed by atoms with Gasteiger partial charge in [0, 0.05) is 5.75 Å². The summed E-state index contributed by atoms with van der Waals surface area (Å²) in [5.74, 6) is 0.934. The molecular weight excluding hydrogens is 232 g/mol. The minimum Gasteiger partial charge on any atom is -0.131 e. The molecule has 0 unspecified atom stereocenters. The maximum atomic E-state index is 4.12. The fourth-order valence-electron chi connectivity index (χ4n) is 0.980. The summed E-state index contributed by atoms with van der Waals surface area (Å²) in [5, 5.41) is 7.83. The fourth-order valence-corrected chi connectivity index (χ4v) is 3.02. The van der Waals surface area contributed by atoms with Gasteiger partial charge in [-0.25, -0.2) is 0 Å². The van der Waals surface area contributed by atoms with E-state index in [1.54, 1.807) is 11.8 Å². The van der Waals surface area contributed by atoms with E-state index in [0.717, 1.165) is 14.4 Å². The van der Waals surface area contributed by atoms with Crippen LogP contribution in [-0.4, -0.2) is 10.2 Å². The van der Waals surface area contributed by atoms with Crippen molar-refractivity contribution in [2.45, 2.75) is 14.4 Å². The summed E-state index contributed by atoms with van der Waals surface area (Å²) in [6.07, 6.45) is 0. The molecule has 14 heavy (non-hydrogen) atoms. The van der Waals surface area contributed by atoms with Crippen LogP contribution in [0.1, 0.15) is 5.56 Å². The predicted octanol–water partition coefficient (Wildman–Crippen LogP) is 3.12. The Morgan fingerprint density at radius 2 is 2.00 bits per heavy atom. The second-order valence-electron chi connectivity index (χ2n) is 2.62. The fraction of sp³-hybridized carbons (Fsp3) is 0.111. The predicted molar refractivity (Wildman–Crippen MR) is 63.2 cm³/mol. The van der Waals surface area contributed by atoms with E-state index in [1.165, 1.54) is 16.9 Å². The standard InChI is InChI=1S/C9H8N2S3/c12-8-10-11-9(14-8)13-6-7-4-2-1-3-5-7/h1-5H,6H2,(H,10,12). The molecule has 5 heteroatoms. The topological polar surface area (TPSA) is 25.8 Å². The maximum Gasteiger partial charge on any atom is 0.175 e. The molecule has 0 N–H and O–H groups in total. The van der Waals surface area contributed by atoms with Gasteiger partial charge in [0.1, 0.15) is 0 Å². The molecule has 0 spiro atoms. The number of thiol groups is 1. The highest BCUT2D eigenvalue weighted by Crippen LogP contribution is 2.26. The van der Waals surface area contributed by atoms with Crippen molar-refractivity contribution in [1.29, 1.82) is 0 Å².